The van der Waals surface area contributed by atoms with E-state index in [4.69, 9.17) is 17.3 Å². The van der Waals surface area contributed by atoms with Crippen LogP contribution in [0.4, 0.5) is 4.39 Å². The molecule has 0 aliphatic carbocycles. The summed E-state index contributed by atoms with van der Waals surface area (Å²) >= 11 is 7.41. The van der Waals surface area contributed by atoms with Crippen molar-refractivity contribution in [3.8, 4) is 0 Å². The van der Waals surface area contributed by atoms with E-state index in [0.717, 1.165) is 15.4 Å². The molecular formula is C13H11ClFNS. The molecule has 1 nitrogen and oxygen atoms in total. The van der Waals surface area contributed by atoms with Gasteiger partial charge in [-0.15, -0.1) is 0 Å². The first-order valence-electron chi connectivity index (χ1n) is 5.11. The Balaban J connectivity index is 2.32. The van der Waals surface area contributed by atoms with Crippen LogP contribution in [-0.2, 0) is 6.54 Å². The first kappa shape index (κ1) is 12.4. The predicted molar refractivity (Wildman–Crippen MR) is 69.9 cm³/mol. The van der Waals surface area contributed by atoms with Crippen LogP contribution in [0.5, 0.6) is 0 Å². The van der Waals surface area contributed by atoms with Gasteiger partial charge in [0.15, 0.2) is 0 Å². The van der Waals surface area contributed by atoms with Crippen molar-refractivity contribution in [2.75, 3.05) is 0 Å². The molecule has 0 saturated heterocycles. The van der Waals surface area contributed by atoms with Gasteiger partial charge in [0.2, 0.25) is 0 Å². The molecule has 0 amide bonds. The van der Waals surface area contributed by atoms with Gasteiger partial charge in [0.25, 0.3) is 0 Å². The first-order valence-corrected chi connectivity index (χ1v) is 6.30. The second-order valence-corrected chi connectivity index (χ2v) is 5.07. The fourth-order valence-corrected chi connectivity index (χ4v) is 2.73. The minimum absolute atomic E-state index is 0.244. The van der Waals surface area contributed by atoms with Crippen molar-refractivity contribution >= 4 is 23.4 Å². The predicted octanol–water partition coefficient (Wildman–Crippen LogP) is 4.09. The minimum atomic E-state index is -0.244. The number of hydrogen-bond donors (Lipinski definition) is 1. The highest BCUT2D eigenvalue weighted by Crippen LogP contribution is 2.32. The van der Waals surface area contributed by atoms with Gasteiger partial charge in [0.05, 0.1) is 0 Å². The van der Waals surface area contributed by atoms with E-state index >= 15 is 0 Å². The molecule has 2 N–H and O–H groups in total. The van der Waals surface area contributed by atoms with Gasteiger partial charge in [-0.2, -0.15) is 0 Å². The number of hydrogen-bond acceptors (Lipinski definition) is 2. The molecule has 0 radical (unpaired) electrons. The zero-order valence-electron chi connectivity index (χ0n) is 8.99. The molecule has 88 valence electrons. The van der Waals surface area contributed by atoms with Crippen LogP contribution < -0.4 is 5.73 Å². The average molecular weight is 268 g/mol. The zero-order chi connectivity index (χ0) is 12.3. The van der Waals surface area contributed by atoms with E-state index in [0.29, 0.717) is 11.6 Å². The van der Waals surface area contributed by atoms with Gasteiger partial charge in [-0.25, -0.2) is 4.39 Å². The Morgan fingerprint density at radius 3 is 2.71 bits per heavy atom. The Kier molecular flexibility index (Phi) is 4.05. The summed E-state index contributed by atoms with van der Waals surface area (Å²) in [5.74, 6) is -0.244. The summed E-state index contributed by atoms with van der Waals surface area (Å²) in [5.41, 5.74) is 6.66. The molecule has 4 heteroatoms. The van der Waals surface area contributed by atoms with Crippen LogP contribution in [0, 0.1) is 5.82 Å². The van der Waals surface area contributed by atoms with Crippen molar-refractivity contribution in [1.29, 1.82) is 0 Å². The molecule has 0 aliphatic heterocycles. The molecular weight excluding hydrogens is 257 g/mol. The molecule has 0 heterocycles. The number of rotatable bonds is 3. The lowest BCUT2D eigenvalue weighted by atomic mass is 10.2. The Hall–Kier alpha value is -1.03. The highest BCUT2D eigenvalue weighted by Gasteiger charge is 2.05. The molecule has 2 aromatic rings. The van der Waals surface area contributed by atoms with Crippen molar-refractivity contribution < 1.29 is 4.39 Å². The summed E-state index contributed by atoms with van der Waals surface area (Å²) in [6, 6.07) is 12.0. The molecule has 0 fully saturated rings. The third kappa shape index (κ3) is 3.22. The van der Waals surface area contributed by atoms with E-state index in [1.807, 2.05) is 18.2 Å². The molecule has 0 bridgehead atoms. The Labute approximate surface area is 109 Å². The van der Waals surface area contributed by atoms with Gasteiger partial charge in [-0.3, -0.25) is 0 Å². The van der Waals surface area contributed by atoms with E-state index in [-0.39, 0.29) is 5.82 Å². The Morgan fingerprint density at radius 2 is 2.00 bits per heavy atom. The second kappa shape index (κ2) is 5.54. The van der Waals surface area contributed by atoms with Crippen molar-refractivity contribution in [2.45, 2.75) is 16.3 Å². The fourth-order valence-electron chi connectivity index (χ4n) is 1.45. The summed E-state index contributed by atoms with van der Waals surface area (Å²) in [7, 11) is 0. The van der Waals surface area contributed by atoms with Crippen molar-refractivity contribution in [2.24, 2.45) is 5.73 Å². The molecule has 0 aromatic heterocycles. The van der Waals surface area contributed by atoms with E-state index in [2.05, 4.69) is 0 Å². The smallest absolute Gasteiger partial charge is 0.124 e. The standard InChI is InChI=1S/C13H11ClFNS/c14-10-5-4-9(8-16)13(6-10)17-12-3-1-2-11(15)7-12/h1-7H,8,16H2. The van der Waals surface area contributed by atoms with E-state index < -0.39 is 0 Å². The molecule has 0 spiro atoms. The minimum Gasteiger partial charge on any atom is -0.326 e. The average Bonchev–Trinajstić information content (AvgIpc) is 2.29. The molecule has 0 saturated carbocycles. The maximum Gasteiger partial charge on any atom is 0.124 e. The lowest BCUT2D eigenvalue weighted by Crippen LogP contribution is -1.97. The third-order valence-electron chi connectivity index (χ3n) is 2.27. The van der Waals surface area contributed by atoms with Crippen LogP contribution >= 0.6 is 23.4 Å². The molecule has 0 unspecified atom stereocenters. The van der Waals surface area contributed by atoms with Crippen molar-refractivity contribution in [1.82, 2.24) is 0 Å². The van der Waals surface area contributed by atoms with Crippen LogP contribution in [0.15, 0.2) is 52.3 Å². The lowest BCUT2D eigenvalue weighted by Gasteiger charge is -2.08. The third-order valence-corrected chi connectivity index (χ3v) is 3.60. The van der Waals surface area contributed by atoms with Gasteiger partial charge in [-0.1, -0.05) is 35.5 Å². The molecule has 17 heavy (non-hydrogen) atoms. The van der Waals surface area contributed by atoms with Crippen molar-refractivity contribution in [3.63, 3.8) is 0 Å². The van der Waals surface area contributed by atoms with E-state index in [1.54, 1.807) is 12.1 Å². The highest BCUT2D eigenvalue weighted by molar-refractivity contribution is 7.99. The number of halogens is 2. The zero-order valence-corrected chi connectivity index (χ0v) is 10.6. The van der Waals surface area contributed by atoms with Crippen molar-refractivity contribution in [3.05, 3.63) is 58.9 Å². The quantitative estimate of drug-likeness (QED) is 0.906. The van der Waals surface area contributed by atoms with E-state index in [1.165, 1.54) is 23.9 Å². The maximum absolute atomic E-state index is 13.1. The van der Waals surface area contributed by atoms with Gasteiger partial charge in [0.1, 0.15) is 5.82 Å². The van der Waals surface area contributed by atoms with Crippen LogP contribution in [0.2, 0.25) is 5.02 Å². The highest BCUT2D eigenvalue weighted by atomic mass is 35.5. The van der Waals surface area contributed by atoms with Gasteiger partial charge in [-0.05, 0) is 35.9 Å². The van der Waals surface area contributed by atoms with Gasteiger partial charge in [0, 0.05) is 21.4 Å². The maximum atomic E-state index is 13.1. The van der Waals surface area contributed by atoms with Crippen LogP contribution in [0.3, 0.4) is 0 Å². The molecule has 0 aliphatic rings. The second-order valence-electron chi connectivity index (χ2n) is 3.52. The summed E-state index contributed by atoms with van der Waals surface area (Å²) in [5, 5.41) is 0.654. The summed E-state index contributed by atoms with van der Waals surface area (Å²) in [4.78, 5) is 1.80. The lowest BCUT2D eigenvalue weighted by molar-refractivity contribution is 0.624. The summed E-state index contributed by atoms with van der Waals surface area (Å²) < 4.78 is 13.1. The Bertz CT molecular complexity index is 531. The normalized spacial score (nSPS) is 10.5. The van der Waals surface area contributed by atoms with Gasteiger partial charge >= 0.3 is 0 Å². The summed E-state index contributed by atoms with van der Waals surface area (Å²) in [6.07, 6.45) is 0. The van der Waals surface area contributed by atoms with Crippen LogP contribution in [0.25, 0.3) is 0 Å². The van der Waals surface area contributed by atoms with E-state index in [9.17, 15) is 4.39 Å². The van der Waals surface area contributed by atoms with Crippen LogP contribution in [0.1, 0.15) is 5.56 Å². The summed E-state index contributed by atoms with van der Waals surface area (Å²) in [6.45, 7) is 0.439. The largest absolute Gasteiger partial charge is 0.326 e. The Morgan fingerprint density at radius 1 is 1.18 bits per heavy atom. The SMILES string of the molecule is NCc1ccc(Cl)cc1Sc1cccc(F)c1. The monoisotopic (exact) mass is 267 g/mol. The first-order chi connectivity index (χ1) is 8.19. The molecule has 2 aromatic carbocycles. The topological polar surface area (TPSA) is 26.0 Å². The molecule has 2 rings (SSSR count). The van der Waals surface area contributed by atoms with Gasteiger partial charge < -0.3 is 5.73 Å². The molecule has 0 atom stereocenters. The number of nitrogens with two attached hydrogens (primary N) is 1. The fraction of sp³-hybridized carbons (Fsp3) is 0.0769. The number of benzene rings is 2. The van der Waals surface area contributed by atoms with Crippen LogP contribution in [-0.4, -0.2) is 0 Å².